The summed E-state index contributed by atoms with van der Waals surface area (Å²) in [5.74, 6) is -13.0. The molecule has 11 atom stereocenters. The van der Waals surface area contributed by atoms with Gasteiger partial charge in [0, 0.05) is 6.42 Å². The topological polar surface area (TPSA) is 392 Å². The van der Waals surface area contributed by atoms with Crippen molar-refractivity contribution in [3.63, 3.8) is 0 Å². The number of rotatable bonds is 25. The molecule has 2 aliphatic heterocycles. The minimum Gasteiger partial charge on any atom is -0.480 e. The molecule has 342 valence electrons. The first kappa shape index (κ1) is 50.5. The summed E-state index contributed by atoms with van der Waals surface area (Å²) in [6, 6.07) is 4.71. The second-order valence-corrected chi connectivity index (χ2v) is 15.3. The van der Waals surface area contributed by atoms with E-state index in [1.807, 2.05) is 0 Å². The summed E-state index contributed by atoms with van der Waals surface area (Å²) in [4.78, 5) is 87.2. The van der Waals surface area contributed by atoms with Crippen LogP contribution in [0.2, 0.25) is 0 Å². The van der Waals surface area contributed by atoms with Gasteiger partial charge in [0.1, 0.15) is 42.5 Å². The highest BCUT2D eigenvalue weighted by Gasteiger charge is 2.57. The lowest BCUT2D eigenvalue weighted by Crippen LogP contribution is -2.55. The Morgan fingerprint density at radius 2 is 1.20 bits per heavy atom. The first-order valence-electron chi connectivity index (χ1n) is 19.4. The van der Waals surface area contributed by atoms with Crippen molar-refractivity contribution in [2.45, 2.75) is 112 Å². The maximum Gasteiger partial charge on any atom is 0.335 e. The molecule has 0 bridgehead atoms. The van der Waals surface area contributed by atoms with Crippen LogP contribution in [0.15, 0.2) is 30.3 Å². The fraction of sp³-hybridized carbons (Fsp3) is 0.649. The van der Waals surface area contributed by atoms with E-state index in [-0.39, 0.29) is 44.6 Å². The first-order chi connectivity index (χ1) is 28.6. The van der Waals surface area contributed by atoms with E-state index in [0.29, 0.717) is 5.56 Å². The predicted octanol–water partition coefficient (Wildman–Crippen LogP) is -5.93. The number of benzene rings is 1. The zero-order valence-corrected chi connectivity index (χ0v) is 33.4. The van der Waals surface area contributed by atoms with E-state index in [1.54, 1.807) is 44.2 Å². The van der Waals surface area contributed by atoms with Gasteiger partial charge in [-0.05, 0) is 43.7 Å². The van der Waals surface area contributed by atoms with Gasteiger partial charge in [-0.3, -0.25) is 19.2 Å². The number of hydrogen-bond acceptors (Lipinski definition) is 17. The summed E-state index contributed by atoms with van der Waals surface area (Å²) in [5, 5.41) is 104. The average Bonchev–Trinajstić information content (AvgIpc) is 3.56. The molecule has 0 aromatic heterocycles. The van der Waals surface area contributed by atoms with Crippen molar-refractivity contribution in [1.29, 1.82) is 0 Å². The van der Waals surface area contributed by atoms with Gasteiger partial charge in [0.25, 0.3) is 0 Å². The molecule has 2 unspecified atom stereocenters. The van der Waals surface area contributed by atoms with Crippen LogP contribution in [-0.2, 0) is 49.5 Å². The van der Waals surface area contributed by atoms with E-state index in [9.17, 15) is 69.3 Å². The number of nitrogens with one attached hydrogen (secondary N) is 6. The molecule has 2 heterocycles. The third-order valence-electron chi connectivity index (χ3n) is 9.81. The minimum absolute atomic E-state index is 0.0313. The summed E-state index contributed by atoms with van der Waals surface area (Å²) < 4.78 is 9.83. The number of carboxylic acids is 3. The Kier molecular flexibility index (Phi) is 18.9. The van der Waals surface area contributed by atoms with Crippen LogP contribution in [0.3, 0.4) is 0 Å². The SMILES string of the molecule is CC(C)C[C@H](NC(=O)[C@H](Cc1ccccc1)NC(=O)CNC(=O)[C@H](CCCCNCC1(O)O[C@H](C(=O)O)[C@@H](O)[C@@H]1O)NC(=O)CNCC1(O)O[C@H](C(=O)O)[C@@H](O)[C@@H]1O)C(=O)O. The molecule has 2 fully saturated rings. The molecule has 0 radical (unpaired) electrons. The molecular formula is C37H56N6O18. The second kappa shape index (κ2) is 22.8. The smallest absolute Gasteiger partial charge is 0.335 e. The summed E-state index contributed by atoms with van der Waals surface area (Å²) >= 11 is 0. The van der Waals surface area contributed by atoms with Gasteiger partial charge in [-0.25, -0.2) is 14.4 Å². The monoisotopic (exact) mass is 872 g/mol. The van der Waals surface area contributed by atoms with Crippen LogP contribution in [0, 0.1) is 5.92 Å². The molecular weight excluding hydrogens is 816 g/mol. The number of carbonyl (C=O) groups is 7. The van der Waals surface area contributed by atoms with E-state index < -0.39 is 134 Å². The number of unbranched alkanes of at least 4 members (excludes halogenated alkanes) is 1. The molecule has 2 aliphatic rings. The largest absolute Gasteiger partial charge is 0.480 e. The van der Waals surface area contributed by atoms with Gasteiger partial charge in [0.05, 0.1) is 26.2 Å². The fourth-order valence-electron chi connectivity index (χ4n) is 6.56. The number of aliphatic hydroxyl groups excluding tert-OH is 4. The van der Waals surface area contributed by atoms with Gasteiger partial charge in [0.2, 0.25) is 35.2 Å². The Morgan fingerprint density at radius 3 is 1.70 bits per heavy atom. The van der Waals surface area contributed by atoms with Gasteiger partial charge >= 0.3 is 17.9 Å². The summed E-state index contributed by atoms with van der Waals surface area (Å²) in [7, 11) is 0. The molecule has 4 amide bonds. The van der Waals surface area contributed by atoms with Crippen molar-refractivity contribution in [2.24, 2.45) is 5.92 Å². The molecule has 0 saturated carbocycles. The van der Waals surface area contributed by atoms with Crippen molar-refractivity contribution >= 4 is 41.5 Å². The number of aliphatic carboxylic acids is 3. The highest BCUT2D eigenvalue weighted by atomic mass is 16.7. The third kappa shape index (κ3) is 14.6. The zero-order chi connectivity index (χ0) is 45.7. The van der Waals surface area contributed by atoms with E-state index >= 15 is 0 Å². The summed E-state index contributed by atoms with van der Waals surface area (Å²) in [5.41, 5.74) is 0.635. The van der Waals surface area contributed by atoms with Crippen LogP contribution in [0.1, 0.15) is 45.1 Å². The molecule has 61 heavy (non-hydrogen) atoms. The van der Waals surface area contributed by atoms with Gasteiger partial charge in [-0.1, -0.05) is 44.2 Å². The zero-order valence-electron chi connectivity index (χ0n) is 33.4. The van der Waals surface area contributed by atoms with Gasteiger partial charge < -0.3 is 87.3 Å². The Morgan fingerprint density at radius 1 is 0.672 bits per heavy atom. The Labute approximate surface area is 349 Å². The van der Waals surface area contributed by atoms with Crippen molar-refractivity contribution in [2.75, 3.05) is 32.7 Å². The molecule has 1 aromatic carbocycles. The van der Waals surface area contributed by atoms with E-state index in [4.69, 9.17) is 19.7 Å². The van der Waals surface area contributed by atoms with Crippen LogP contribution in [0.25, 0.3) is 0 Å². The molecule has 0 aliphatic carbocycles. The van der Waals surface area contributed by atoms with Gasteiger partial charge in [-0.15, -0.1) is 0 Å². The van der Waals surface area contributed by atoms with Crippen molar-refractivity contribution in [3.8, 4) is 0 Å². The van der Waals surface area contributed by atoms with E-state index in [2.05, 4.69) is 31.9 Å². The molecule has 24 nitrogen and oxygen atoms in total. The Hall–Kier alpha value is -4.89. The Balaban J connectivity index is 1.64. The lowest BCUT2D eigenvalue weighted by Gasteiger charge is -2.26. The van der Waals surface area contributed by atoms with Gasteiger partial charge in [0.15, 0.2) is 12.2 Å². The molecule has 15 N–H and O–H groups in total. The lowest BCUT2D eigenvalue weighted by molar-refractivity contribution is -0.226. The number of hydrogen-bond donors (Lipinski definition) is 15. The van der Waals surface area contributed by atoms with E-state index in [0.717, 1.165) is 0 Å². The second-order valence-electron chi connectivity index (χ2n) is 15.3. The Bertz CT molecular complexity index is 1690. The van der Waals surface area contributed by atoms with Crippen molar-refractivity contribution in [1.82, 2.24) is 31.9 Å². The highest BCUT2D eigenvalue weighted by molar-refractivity contribution is 5.93. The number of carbonyl (C=O) groups excluding carboxylic acids is 4. The molecule has 0 spiro atoms. The summed E-state index contributed by atoms with van der Waals surface area (Å²) in [6.07, 6.45) is -11.3. The van der Waals surface area contributed by atoms with Crippen LogP contribution in [0.4, 0.5) is 0 Å². The third-order valence-corrected chi connectivity index (χ3v) is 9.81. The normalized spacial score (nSPS) is 27.4. The van der Waals surface area contributed by atoms with Crippen LogP contribution in [-0.4, -0.2) is 187 Å². The quantitative estimate of drug-likeness (QED) is 0.0407. The number of aliphatic hydroxyl groups is 6. The maximum absolute atomic E-state index is 13.4. The molecule has 3 rings (SSSR count). The standard InChI is InChI=1S/C37H56N6O18/c1-18(2)12-22(33(52)53)43-32(51)21(13-19-8-4-3-5-9-19)42-24(45)15-40-31(50)20(10-6-7-11-38-16-36(58)29(48)25(46)27(60-36)34(54)55)41-23(44)14-39-17-37(59)30(49)26(47)28(61-37)35(56)57/h3-5,8-9,18,20-22,25-30,38-39,46-49,58-59H,6-7,10-17H2,1-2H3,(H,40,50)(H,41,44)(H,42,45)(H,43,51)(H,52,53)(H,54,55)(H,56,57)/t20-,21-,22-,25+,26+,27-,28-,29-,30-,36?,37?/m0/s1. The predicted molar refractivity (Wildman–Crippen MR) is 205 cm³/mol. The van der Waals surface area contributed by atoms with Crippen molar-refractivity contribution < 1.29 is 89.0 Å². The van der Waals surface area contributed by atoms with Crippen LogP contribution in [0.5, 0.6) is 0 Å². The van der Waals surface area contributed by atoms with Crippen molar-refractivity contribution in [3.05, 3.63) is 35.9 Å². The summed E-state index contributed by atoms with van der Waals surface area (Å²) in [6.45, 7) is 1.08. The molecule has 2 saturated heterocycles. The fourth-order valence-corrected chi connectivity index (χ4v) is 6.56. The maximum atomic E-state index is 13.4. The number of carboxylic acid groups (broad SMARTS) is 3. The highest BCUT2D eigenvalue weighted by Crippen LogP contribution is 2.30. The van der Waals surface area contributed by atoms with Crippen LogP contribution >= 0.6 is 0 Å². The van der Waals surface area contributed by atoms with E-state index in [1.165, 1.54) is 0 Å². The first-order valence-corrected chi connectivity index (χ1v) is 19.4. The van der Waals surface area contributed by atoms with Crippen LogP contribution < -0.4 is 31.9 Å². The lowest BCUT2D eigenvalue weighted by atomic mass is 10.0. The average molecular weight is 873 g/mol. The molecule has 1 aromatic rings. The number of amides is 4. The number of ether oxygens (including phenoxy) is 2. The van der Waals surface area contributed by atoms with Gasteiger partial charge in [-0.2, -0.15) is 0 Å². The molecule has 24 heteroatoms. The minimum atomic E-state index is -2.60.